The highest BCUT2D eigenvalue weighted by Crippen LogP contribution is 2.43. The van der Waals surface area contributed by atoms with Crippen LogP contribution >= 0.6 is 11.8 Å². The van der Waals surface area contributed by atoms with E-state index in [9.17, 15) is 5.11 Å². The van der Waals surface area contributed by atoms with Crippen LogP contribution in [-0.2, 0) is 13.2 Å². The van der Waals surface area contributed by atoms with Gasteiger partial charge in [0, 0.05) is 44.7 Å². The Morgan fingerprint density at radius 1 is 0.714 bits per heavy atom. The van der Waals surface area contributed by atoms with E-state index in [0.29, 0.717) is 24.3 Å². The highest BCUT2D eigenvalue weighted by atomic mass is 32.2. The minimum Gasteiger partial charge on any atom is -0.392 e. The van der Waals surface area contributed by atoms with Gasteiger partial charge in [0.25, 0.3) is 0 Å². The molecule has 5 nitrogen and oxygen atoms in total. The number of rotatable bonds is 8. The maximum absolute atomic E-state index is 9.80. The summed E-state index contributed by atoms with van der Waals surface area (Å²) in [5, 5.41) is 15.9. The summed E-state index contributed by atoms with van der Waals surface area (Å²) >= 11 is 1.69. The van der Waals surface area contributed by atoms with Crippen molar-refractivity contribution < 1.29 is 5.11 Å². The number of fused-ring (bicyclic) bond motifs is 2. The molecule has 2 heterocycles. The molecule has 1 fully saturated rings. The smallest absolute Gasteiger partial charge is 0.223 e. The van der Waals surface area contributed by atoms with Crippen LogP contribution in [0.5, 0.6) is 0 Å². The average molecular weight is 571 g/mol. The van der Waals surface area contributed by atoms with Crippen molar-refractivity contribution in [2.24, 2.45) is 0 Å². The van der Waals surface area contributed by atoms with Crippen LogP contribution in [0.25, 0.3) is 21.8 Å². The van der Waals surface area contributed by atoms with Gasteiger partial charge in [-0.2, -0.15) is 0 Å². The molecule has 0 atom stereocenters. The number of para-hydroxylation sites is 2. The molecule has 42 heavy (non-hydrogen) atoms. The van der Waals surface area contributed by atoms with Crippen LogP contribution in [0.3, 0.4) is 0 Å². The number of nitrogens with zero attached hydrogens (tertiary/aromatic N) is 2. The monoisotopic (exact) mass is 570 g/mol. The molecule has 0 aliphatic heterocycles. The second-order valence-electron chi connectivity index (χ2n) is 11.1. The van der Waals surface area contributed by atoms with Gasteiger partial charge in [-0.05, 0) is 72.6 Å². The fraction of sp³-hybridized carbons (Fsp3) is 0.222. The van der Waals surface area contributed by atoms with E-state index in [2.05, 4.69) is 95.4 Å². The number of aliphatic hydroxyl groups excluding tert-OH is 1. The maximum atomic E-state index is 9.80. The summed E-state index contributed by atoms with van der Waals surface area (Å²) in [7, 11) is 0. The van der Waals surface area contributed by atoms with Crippen LogP contribution in [0.15, 0.2) is 113 Å². The van der Waals surface area contributed by atoms with E-state index in [0.717, 1.165) is 51.9 Å². The molecular weight excluding hydrogens is 536 g/mol. The molecule has 1 aliphatic carbocycles. The Hall–Kier alpha value is -4.13. The molecule has 0 amide bonds. The molecule has 3 N–H and O–H groups in total. The van der Waals surface area contributed by atoms with Crippen molar-refractivity contribution in [1.82, 2.24) is 15.0 Å². The summed E-state index contributed by atoms with van der Waals surface area (Å²) < 4.78 is 0. The van der Waals surface area contributed by atoms with E-state index >= 15 is 0 Å². The SMILES string of the molecule is OCc1ccccc1Sc1ccccc1CNc1nc(C2CCC(c3c[nH]c4ccccc34)CC2)c2ccccc2n1. The van der Waals surface area contributed by atoms with Gasteiger partial charge >= 0.3 is 0 Å². The Morgan fingerprint density at radius 3 is 2.17 bits per heavy atom. The zero-order valence-corrected chi connectivity index (χ0v) is 24.3. The van der Waals surface area contributed by atoms with Crippen LogP contribution in [0.2, 0.25) is 0 Å². The number of aliphatic hydroxyl groups is 1. The Kier molecular flexibility index (Phi) is 7.64. The van der Waals surface area contributed by atoms with Crippen molar-refractivity contribution in [3.05, 3.63) is 126 Å². The Labute approximate surface area is 250 Å². The molecular formula is C36H34N4OS. The molecule has 0 bridgehead atoms. The van der Waals surface area contributed by atoms with Gasteiger partial charge in [-0.3, -0.25) is 0 Å². The number of benzene rings is 4. The number of nitrogens with one attached hydrogen (secondary N) is 2. The van der Waals surface area contributed by atoms with Crippen LogP contribution in [0, 0.1) is 0 Å². The standard InChI is InChI=1S/C36H34N4OS/c41-23-27-10-2-8-16-34(27)42-33-15-7-1-9-26(33)21-38-36-39-32-14-6-4-12-29(32)35(40-36)25-19-17-24(18-20-25)30-22-37-31-13-5-3-11-28(30)31/h1-16,22,24-25,37,41H,17-21,23H2,(H,38,39,40). The highest BCUT2D eigenvalue weighted by Gasteiger charge is 2.27. The molecule has 0 radical (unpaired) electrons. The zero-order valence-electron chi connectivity index (χ0n) is 23.5. The quantitative estimate of drug-likeness (QED) is 0.171. The first-order chi connectivity index (χ1) is 20.8. The van der Waals surface area contributed by atoms with Crippen LogP contribution in [0.1, 0.15) is 59.9 Å². The topological polar surface area (TPSA) is 73.8 Å². The molecule has 7 rings (SSSR count). The van der Waals surface area contributed by atoms with Gasteiger partial charge in [0.1, 0.15) is 0 Å². The first-order valence-corrected chi connectivity index (χ1v) is 15.6. The molecule has 0 spiro atoms. The number of aromatic nitrogens is 3. The first-order valence-electron chi connectivity index (χ1n) is 14.8. The summed E-state index contributed by atoms with van der Waals surface area (Å²) in [6.45, 7) is 0.649. The largest absolute Gasteiger partial charge is 0.392 e. The number of aromatic amines is 1. The van der Waals surface area contributed by atoms with Gasteiger partial charge < -0.3 is 15.4 Å². The second kappa shape index (κ2) is 12.0. The van der Waals surface area contributed by atoms with Gasteiger partial charge in [-0.1, -0.05) is 84.6 Å². The van der Waals surface area contributed by atoms with E-state index in [1.807, 2.05) is 18.2 Å². The lowest BCUT2D eigenvalue weighted by Gasteiger charge is -2.29. The number of H-pyrrole nitrogens is 1. The van der Waals surface area contributed by atoms with Crippen molar-refractivity contribution in [2.75, 3.05) is 5.32 Å². The van der Waals surface area contributed by atoms with E-state index in [1.54, 1.807) is 11.8 Å². The van der Waals surface area contributed by atoms with Gasteiger partial charge in [0.2, 0.25) is 5.95 Å². The fourth-order valence-corrected chi connectivity index (χ4v) is 7.44. The van der Waals surface area contributed by atoms with Crippen molar-refractivity contribution in [1.29, 1.82) is 0 Å². The normalized spacial score (nSPS) is 17.1. The first kappa shape index (κ1) is 26.7. The molecule has 210 valence electrons. The van der Waals surface area contributed by atoms with Crippen molar-refractivity contribution in [3.63, 3.8) is 0 Å². The third kappa shape index (κ3) is 5.40. The zero-order chi connectivity index (χ0) is 28.3. The molecule has 0 unspecified atom stereocenters. The van der Waals surface area contributed by atoms with Gasteiger partial charge in [-0.25, -0.2) is 9.97 Å². The van der Waals surface area contributed by atoms with Crippen molar-refractivity contribution in [3.8, 4) is 0 Å². The Bertz CT molecular complexity index is 1840. The summed E-state index contributed by atoms with van der Waals surface area (Å²) in [6.07, 6.45) is 6.78. The van der Waals surface area contributed by atoms with Crippen LogP contribution < -0.4 is 5.32 Å². The summed E-state index contributed by atoms with van der Waals surface area (Å²) in [5.41, 5.74) is 6.95. The van der Waals surface area contributed by atoms with Crippen LogP contribution in [-0.4, -0.2) is 20.1 Å². The van der Waals surface area contributed by atoms with Gasteiger partial charge in [-0.15, -0.1) is 0 Å². The third-order valence-electron chi connectivity index (χ3n) is 8.58. The average Bonchev–Trinajstić information content (AvgIpc) is 3.49. The van der Waals surface area contributed by atoms with Crippen molar-refractivity contribution >= 4 is 39.5 Å². The Morgan fingerprint density at radius 2 is 1.36 bits per heavy atom. The minimum absolute atomic E-state index is 0.0288. The van der Waals surface area contributed by atoms with E-state index in [1.165, 1.54) is 27.7 Å². The summed E-state index contributed by atoms with van der Waals surface area (Å²) in [5.74, 6) is 1.67. The second-order valence-corrected chi connectivity index (χ2v) is 12.2. The van der Waals surface area contributed by atoms with E-state index < -0.39 is 0 Å². The lowest BCUT2D eigenvalue weighted by molar-refractivity contribution is 0.279. The molecule has 0 saturated heterocycles. The van der Waals surface area contributed by atoms with Gasteiger partial charge in [0.15, 0.2) is 0 Å². The fourth-order valence-electron chi connectivity index (χ4n) is 6.38. The highest BCUT2D eigenvalue weighted by molar-refractivity contribution is 7.99. The predicted molar refractivity (Wildman–Crippen MR) is 172 cm³/mol. The van der Waals surface area contributed by atoms with Crippen molar-refractivity contribution in [2.45, 2.75) is 60.5 Å². The lowest BCUT2D eigenvalue weighted by atomic mass is 9.77. The maximum Gasteiger partial charge on any atom is 0.223 e. The van der Waals surface area contributed by atoms with E-state index in [4.69, 9.17) is 9.97 Å². The van der Waals surface area contributed by atoms with Crippen LogP contribution in [0.4, 0.5) is 5.95 Å². The number of hydrogen-bond acceptors (Lipinski definition) is 5. The Balaban J connectivity index is 1.11. The summed E-state index contributed by atoms with van der Waals surface area (Å²) in [6, 6.07) is 33.5. The molecule has 2 aromatic heterocycles. The molecule has 1 saturated carbocycles. The van der Waals surface area contributed by atoms with E-state index in [-0.39, 0.29) is 6.61 Å². The molecule has 1 aliphatic rings. The molecule has 4 aromatic carbocycles. The molecule has 6 heteroatoms. The lowest BCUT2D eigenvalue weighted by Crippen LogP contribution is -2.15. The van der Waals surface area contributed by atoms with Gasteiger partial charge in [0.05, 0.1) is 17.8 Å². The summed E-state index contributed by atoms with van der Waals surface area (Å²) in [4.78, 5) is 15.8. The number of hydrogen-bond donors (Lipinski definition) is 3. The third-order valence-corrected chi connectivity index (χ3v) is 9.82. The molecule has 6 aromatic rings. The number of anilines is 1. The minimum atomic E-state index is 0.0288. The predicted octanol–water partition coefficient (Wildman–Crippen LogP) is 8.81.